The molecule has 2 aromatic carbocycles. The highest BCUT2D eigenvalue weighted by atomic mass is 127. The van der Waals surface area contributed by atoms with Crippen LogP contribution in [0.3, 0.4) is 0 Å². The van der Waals surface area contributed by atoms with E-state index in [4.69, 9.17) is 4.99 Å². The number of aliphatic imine (C=N–C) groups is 1. The van der Waals surface area contributed by atoms with Gasteiger partial charge in [-0.05, 0) is 62.7 Å². The molecule has 0 spiro atoms. The largest absolute Gasteiger partial charge is 0.368 e. The minimum atomic E-state index is -3.46. The number of guanidine groups is 1. The second kappa shape index (κ2) is 11.9. The molecule has 0 aromatic heterocycles. The summed E-state index contributed by atoms with van der Waals surface area (Å²) in [6.07, 6.45) is 0. The molecule has 0 bridgehead atoms. The van der Waals surface area contributed by atoms with Gasteiger partial charge in [0.2, 0.25) is 10.0 Å². The van der Waals surface area contributed by atoms with Gasteiger partial charge in [0, 0.05) is 38.4 Å². The molecule has 0 unspecified atom stereocenters. The normalized spacial score (nSPS) is 14.8. The highest BCUT2D eigenvalue weighted by molar-refractivity contribution is 14.0. The molecule has 1 aliphatic heterocycles. The van der Waals surface area contributed by atoms with Crippen LogP contribution in [0, 0.1) is 13.8 Å². The van der Waals surface area contributed by atoms with Gasteiger partial charge in [0.1, 0.15) is 0 Å². The molecule has 9 heteroatoms. The van der Waals surface area contributed by atoms with Crippen LogP contribution in [0.5, 0.6) is 0 Å². The number of nitrogens with zero attached hydrogens (tertiary/aromatic N) is 3. The number of nitrogens with one attached hydrogen (secondary N) is 2. The van der Waals surface area contributed by atoms with Crippen LogP contribution in [0.25, 0.3) is 0 Å². The van der Waals surface area contributed by atoms with Gasteiger partial charge < -0.3 is 15.1 Å². The first kappa shape index (κ1) is 26.4. The summed E-state index contributed by atoms with van der Waals surface area (Å²) in [7, 11) is -2.04. The molecule has 7 nitrogen and oxygen atoms in total. The van der Waals surface area contributed by atoms with Gasteiger partial charge >= 0.3 is 0 Å². The van der Waals surface area contributed by atoms with E-state index in [1.807, 2.05) is 6.07 Å². The molecule has 0 radical (unpaired) electrons. The van der Waals surface area contributed by atoms with E-state index in [1.54, 1.807) is 18.2 Å². The van der Waals surface area contributed by atoms with Gasteiger partial charge in [0.05, 0.1) is 11.4 Å². The second-order valence-corrected chi connectivity index (χ2v) is 9.60. The summed E-state index contributed by atoms with van der Waals surface area (Å²) in [6.45, 7) is 11.2. The number of rotatable bonds is 6. The van der Waals surface area contributed by atoms with Gasteiger partial charge in [-0.25, -0.2) is 18.1 Å². The molecule has 0 atom stereocenters. The Morgan fingerprint density at radius 1 is 1.06 bits per heavy atom. The Bertz CT molecular complexity index is 1030. The molecule has 1 aliphatic rings. The number of halogens is 1. The first-order valence-corrected chi connectivity index (χ1v) is 12.2. The molecule has 1 fully saturated rings. The Hall–Kier alpha value is -1.85. The SMILES string of the molecule is CCNC(=NCc1cccc(S(=O)(=O)NC)c1)N1CCN(c2cccc(C)c2C)CC1.I. The Morgan fingerprint density at radius 2 is 1.75 bits per heavy atom. The van der Waals surface area contributed by atoms with Gasteiger partial charge in [0.25, 0.3) is 0 Å². The molecule has 2 aromatic rings. The minimum absolute atomic E-state index is 0. The van der Waals surface area contributed by atoms with Crippen molar-refractivity contribution in [2.45, 2.75) is 32.2 Å². The number of hydrogen-bond donors (Lipinski definition) is 2. The van der Waals surface area contributed by atoms with E-state index >= 15 is 0 Å². The Labute approximate surface area is 209 Å². The zero-order chi connectivity index (χ0) is 22.4. The smallest absolute Gasteiger partial charge is 0.240 e. The average Bonchev–Trinajstić information content (AvgIpc) is 2.79. The molecule has 1 saturated heterocycles. The maximum absolute atomic E-state index is 12.1. The monoisotopic (exact) mass is 571 g/mol. The predicted molar refractivity (Wildman–Crippen MR) is 143 cm³/mol. The van der Waals surface area contributed by atoms with Crippen molar-refractivity contribution in [3.63, 3.8) is 0 Å². The number of aryl methyl sites for hydroxylation is 1. The fourth-order valence-corrected chi connectivity index (χ4v) is 4.56. The molecule has 1 heterocycles. The fourth-order valence-electron chi connectivity index (χ4n) is 3.76. The van der Waals surface area contributed by atoms with Crippen molar-refractivity contribution >= 4 is 45.6 Å². The van der Waals surface area contributed by atoms with Crippen LogP contribution in [0.15, 0.2) is 52.4 Å². The van der Waals surface area contributed by atoms with Crippen LogP contribution in [0.4, 0.5) is 5.69 Å². The van der Waals surface area contributed by atoms with Crippen LogP contribution in [-0.2, 0) is 16.6 Å². The minimum Gasteiger partial charge on any atom is -0.368 e. The van der Waals surface area contributed by atoms with E-state index in [9.17, 15) is 8.42 Å². The van der Waals surface area contributed by atoms with Crippen molar-refractivity contribution in [1.82, 2.24) is 14.9 Å². The number of piperazine rings is 1. The van der Waals surface area contributed by atoms with Crippen molar-refractivity contribution in [3.05, 3.63) is 59.2 Å². The number of hydrogen-bond acceptors (Lipinski definition) is 4. The molecule has 0 amide bonds. The molecule has 2 N–H and O–H groups in total. The van der Waals surface area contributed by atoms with Crippen LogP contribution in [0.1, 0.15) is 23.6 Å². The zero-order valence-corrected chi connectivity index (χ0v) is 22.4. The molecule has 3 rings (SSSR count). The second-order valence-electron chi connectivity index (χ2n) is 7.72. The van der Waals surface area contributed by atoms with Gasteiger partial charge in [-0.3, -0.25) is 0 Å². The van der Waals surface area contributed by atoms with Gasteiger partial charge in [-0.2, -0.15) is 0 Å². The summed E-state index contributed by atoms with van der Waals surface area (Å²) < 4.78 is 26.5. The summed E-state index contributed by atoms with van der Waals surface area (Å²) in [6, 6.07) is 13.4. The average molecular weight is 572 g/mol. The Morgan fingerprint density at radius 3 is 2.41 bits per heavy atom. The third-order valence-electron chi connectivity index (χ3n) is 5.72. The number of anilines is 1. The van der Waals surface area contributed by atoms with Crippen molar-refractivity contribution in [1.29, 1.82) is 0 Å². The van der Waals surface area contributed by atoms with Gasteiger partial charge in [-0.15, -0.1) is 24.0 Å². The number of benzene rings is 2. The van der Waals surface area contributed by atoms with Crippen molar-refractivity contribution < 1.29 is 8.42 Å². The molecule has 32 heavy (non-hydrogen) atoms. The molecule has 0 aliphatic carbocycles. The lowest BCUT2D eigenvalue weighted by Crippen LogP contribution is -2.52. The van der Waals surface area contributed by atoms with E-state index in [-0.39, 0.29) is 28.9 Å². The summed E-state index contributed by atoms with van der Waals surface area (Å²) in [5.41, 5.74) is 4.83. The lowest BCUT2D eigenvalue weighted by molar-refractivity contribution is 0.372. The van der Waals surface area contributed by atoms with Crippen LogP contribution in [-0.4, -0.2) is 59.0 Å². The third kappa shape index (κ3) is 6.35. The van der Waals surface area contributed by atoms with E-state index in [1.165, 1.54) is 23.9 Å². The maximum atomic E-state index is 12.1. The lowest BCUT2D eigenvalue weighted by atomic mass is 10.1. The highest BCUT2D eigenvalue weighted by Crippen LogP contribution is 2.24. The lowest BCUT2D eigenvalue weighted by Gasteiger charge is -2.38. The summed E-state index contributed by atoms with van der Waals surface area (Å²) in [4.78, 5) is 9.76. The summed E-state index contributed by atoms with van der Waals surface area (Å²) in [5, 5.41) is 3.38. The Balaban J connectivity index is 0.00000363. The predicted octanol–water partition coefficient (Wildman–Crippen LogP) is 3.12. The van der Waals surface area contributed by atoms with Crippen molar-refractivity contribution in [2.75, 3.05) is 44.7 Å². The molecule has 0 saturated carbocycles. The fraction of sp³-hybridized carbons (Fsp3) is 0.435. The van der Waals surface area contributed by atoms with Crippen LogP contribution in [0.2, 0.25) is 0 Å². The van der Waals surface area contributed by atoms with Crippen LogP contribution >= 0.6 is 24.0 Å². The number of sulfonamides is 1. The first-order valence-electron chi connectivity index (χ1n) is 10.7. The zero-order valence-electron chi connectivity index (χ0n) is 19.3. The Kier molecular flexibility index (Phi) is 9.78. The summed E-state index contributed by atoms with van der Waals surface area (Å²) in [5.74, 6) is 0.866. The van der Waals surface area contributed by atoms with E-state index in [0.29, 0.717) is 6.54 Å². The topological polar surface area (TPSA) is 77.0 Å². The molecular weight excluding hydrogens is 537 g/mol. The van der Waals surface area contributed by atoms with Crippen molar-refractivity contribution in [3.8, 4) is 0 Å². The quantitative estimate of drug-likeness (QED) is 0.317. The highest BCUT2D eigenvalue weighted by Gasteiger charge is 2.21. The molecule has 176 valence electrons. The summed E-state index contributed by atoms with van der Waals surface area (Å²) >= 11 is 0. The van der Waals surface area contributed by atoms with Gasteiger partial charge in [-0.1, -0.05) is 24.3 Å². The van der Waals surface area contributed by atoms with Gasteiger partial charge in [0.15, 0.2) is 5.96 Å². The van der Waals surface area contributed by atoms with E-state index in [2.05, 4.69) is 58.8 Å². The van der Waals surface area contributed by atoms with E-state index in [0.717, 1.165) is 44.2 Å². The third-order valence-corrected chi connectivity index (χ3v) is 7.13. The van der Waals surface area contributed by atoms with Crippen LogP contribution < -0.4 is 14.9 Å². The van der Waals surface area contributed by atoms with Crippen molar-refractivity contribution in [2.24, 2.45) is 4.99 Å². The molecular formula is C23H34IN5O2S. The maximum Gasteiger partial charge on any atom is 0.240 e. The standard InChI is InChI=1S/C23H33N5O2S.HI/c1-5-25-23(26-17-20-9-7-10-21(16-20)31(29,30)24-4)28-14-12-27(13-15-28)22-11-6-8-18(2)19(22)3;/h6-11,16,24H,5,12-15,17H2,1-4H3,(H,25,26);1H. The van der Waals surface area contributed by atoms with E-state index < -0.39 is 10.0 Å². The first-order chi connectivity index (χ1) is 14.9.